The van der Waals surface area contributed by atoms with Crippen molar-refractivity contribution in [2.24, 2.45) is 5.92 Å². The van der Waals surface area contributed by atoms with Gasteiger partial charge < -0.3 is 4.74 Å². The Labute approximate surface area is 170 Å². The molecule has 0 spiro atoms. The van der Waals surface area contributed by atoms with E-state index < -0.39 is 0 Å². The summed E-state index contributed by atoms with van der Waals surface area (Å²) in [4.78, 5) is 14.7. The van der Waals surface area contributed by atoms with Crippen LogP contribution < -0.4 is 4.74 Å². The van der Waals surface area contributed by atoms with Gasteiger partial charge in [-0.1, -0.05) is 42.6 Å². The molecule has 1 aliphatic carbocycles. The Balaban J connectivity index is 1.93. The van der Waals surface area contributed by atoms with Crippen LogP contribution in [0.4, 0.5) is 0 Å². The quantitative estimate of drug-likeness (QED) is 0.564. The van der Waals surface area contributed by atoms with Crippen LogP contribution in [0.25, 0.3) is 0 Å². The van der Waals surface area contributed by atoms with E-state index in [0.717, 1.165) is 41.2 Å². The minimum Gasteiger partial charge on any atom is -0.406 e. The van der Waals surface area contributed by atoms with Crippen molar-refractivity contribution in [3.05, 3.63) is 35.0 Å². The van der Waals surface area contributed by atoms with Crippen molar-refractivity contribution in [1.29, 1.82) is 0 Å². The molecule has 2 aromatic rings. The molecule has 146 valence electrons. The summed E-state index contributed by atoms with van der Waals surface area (Å²) in [7, 11) is 0. The normalized spacial score (nSPS) is 15.7. The van der Waals surface area contributed by atoms with Gasteiger partial charge in [0.15, 0.2) is 0 Å². The Morgan fingerprint density at radius 1 is 1.19 bits per heavy atom. The summed E-state index contributed by atoms with van der Waals surface area (Å²) in [6.07, 6.45) is 5.25. The molecule has 1 heterocycles. The highest BCUT2D eigenvalue weighted by atomic mass is 35.5. The molecule has 1 fully saturated rings. The monoisotopic (exact) mass is 406 g/mol. The minimum absolute atomic E-state index is 0.00393. The molecule has 4 nitrogen and oxygen atoms in total. The third-order valence-corrected chi connectivity index (χ3v) is 6.20. The van der Waals surface area contributed by atoms with Crippen molar-refractivity contribution in [2.45, 2.75) is 75.1 Å². The number of rotatable bonds is 4. The molecule has 27 heavy (non-hydrogen) atoms. The molecule has 3 rings (SSSR count). The Kier molecular flexibility index (Phi) is 6.21. The van der Waals surface area contributed by atoms with Crippen LogP contribution in [-0.4, -0.2) is 15.7 Å². The van der Waals surface area contributed by atoms with Gasteiger partial charge in [-0.25, -0.2) is 4.68 Å². The fourth-order valence-electron chi connectivity index (χ4n) is 3.29. The average molecular weight is 407 g/mol. The predicted octanol–water partition coefficient (Wildman–Crippen LogP) is 6.24. The van der Waals surface area contributed by atoms with Gasteiger partial charge in [0.25, 0.3) is 0 Å². The molecule has 1 aliphatic rings. The number of carbonyl (C=O) groups excluding carboxylic acids is 1. The van der Waals surface area contributed by atoms with Gasteiger partial charge in [-0.3, -0.25) is 4.79 Å². The van der Waals surface area contributed by atoms with Crippen molar-refractivity contribution in [3.63, 3.8) is 0 Å². The fourth-order valence-corrected chi connectivity index (χ4v) is 4.33. The SMILES string of the molecule is Cc1nn(C(C)(C)C)c(OC(=O)C2CCCCC2)c1Sc1ccc(Cl)cc1. The summed E-state index contributed by atoms with van der Waals surface area (Å²) in [5, 5.41) is 5.39. The summed E-state index contributed by atoms with van der Waals surface area (Å²) >= 11 is 7.56. The minimum atomic E-state index is -0.286. The number of aryl methyl sites for hydroxylation is 1. The smallest absolute Gasteiger partial charge is 0.315 e. The van der Waals surface area contributed by atoms with E-state index in [1.807, 2.05) is 35.9 Å². The first-order valence-electron chi connectivity index (χ1n) is 9.51. The van der Waals surface area contributed by atoms with Crippen molar-refractivity contribution in [1.82, 2.24) is 9.78 Å². The van der Waals surface area contributed by atoms with Gasteiger partial charge in [0, 0.05) is 9.92 Å². The van der Waals surface area contributed by atoms with Crippen LogP contribution in [0.3, 0.4) is 0 Å². The van der Waals surface area contributed by atoms with Crippen molar-refractivity contribution in [3.8, 4) is 5.88 Å². The Morgan fingerprint density at radius 2 is 1.81 bits per heavy atom. The van der Waals surface area contributed by atoms with E-state index in [4.69, 9.17) is 16.3 Å². The molecule has 1 aromatic heterocycles. The molecule has 0 atom stereocenters. The maximum Gasteiger partial charge on any atom is 0.315 e. The van der Waals surface area contributed by atoms with Crippen molar-refractivity contribution >= 4 is 29.3 Å². The van der Waals surface area contributed by atoms with Gasteiger partial charge in [0.2, 0.25) is 5.88 Å². The van der Waals surface area contributed by atoms with E-state index in [0.29, 0.717) is 10.9 Å². The first-order chi connectivity index (χ1) is 12.8. The zero-order chi connectivity index (χ0) is 19.6. The molecule has 0 bridgehead atoms. The molecular weight excluding hydrogens is 380 g/mol. The molecule has 0 radical (unpaired) electrons. The second-order valence-electron chi connectivity index (χ2n) is 8.11. The number of halogens is 1. The van der Waals surface area contributed by atoms with Gasteiger partial charge in [0.05, 0.1) is 22.0 Å². The van der Waals surface area contributed by atoms with Gasteiger partial charge in [-0.15, -0.1) is 0 Å². The lowest BCUT2D eigenvalue weighted by atomic mass is 9.89. The van der Waals surface area contributed by atoms with Crippen LogP contribution in [0.5, 0.6) is 5.88 Å². The molecule has 0 N–H and O–H groups in total. The van der Waals surface area contributed by atoms with Gasteiger partial charge >= 0.3 is 5.97 Å². The van der Waals surface area contributed by atoms with Gasteiger partial charge in [0.1, 0.15) is 0 Å². The maximum absolute atomic E-state index is 12.8. The fraction of sp³-hybridized carbons (Fsp3) is 0.524. The number of hydrogen-bond donors (Lipinski definition) is 0. The summed E-state index contributed by atoms with van der Waals surface area (Å²) < 4.78 is 7.81. The summed E-state index contributed by atoms with van der Waals surface area (Å²) in [5.41, 5.74) is 0.572. The Bertz CT molecular complexity index is 803. The van der Waals surface area contributed by atoms with Crippen molar-refractivity contribution in [2.75, 3.05) is 0 Å². The first kappa shape index (κ1) is 20.3. The highest BCUT2D eigenvalue weighted by Crippen LogP contribution is 2.41. The predicted molar refractivity (Wildman–Crippen MR) is 110 cm³/mol. The van der Waals surface area contributed by atoms with Crippen LogP contribution in [-0.2, 0) is 10.3 Å². The van der Waals surface area contributed by atoms with E-state index >= 15 is 0 Å². The lowest BCUT2D eigenvalue weighted by molar-refractivity contribution is -0.140. The highest BCUT2D eigenvalue weighted by molar-refractivity contribution is 7.99. The number of aromatic nitrogens is 2. The van der Waals surface area contributed by atoms with Crippen LogP contribution in [0, 0.1) is 12.8 Å². The van der Waals surface area contributed by atoms with E-state index in [9.17, 15) is 4.79 Å². The molecule has 6 heteroatoms. The van der Waals surface area contributed by atoms with E-state index in [1.165, 1.54) is 6.42 Å². The lowest BCUT2D eigenvalue weighted by Crippen LogP contribution is -2.28. The number of benzene rings is 1. The van der Waals surface area contributed by atoms with Crippen LogP contribution in [0.15, 0.2) is 34.1 Å². The molecule has 0 saturated heterocycles. The molecule has 0 amide bonds. The Hall–Kier alpha value is -1.46. The zero-order valence-electron chi connectivity index (χ0n) is 16.4. The van der Waals surface area contributed by atoms with Gasteiger partial charge in [-0.05, 0) is 64.8 Å². The van der Waals surface area contributed by atoms with Crippen LogP contribution in [0.1, 0.15) is 58.6 Å². The number of hydrogen-bond acceptors (Lipinski definition) is 4. The standard InChI is InChI=1S/C21H27ClN2O2S/c1-14-18(27-17-12-10-16(22)11-13-17)19(24(23-14)21(2,3)4)26-20(25)15-8-6-5-7-9-15/h10-13,15H,5-9H2,1-4H3. The number of nitrogens with zero attached hydrogens (tertiary/aromatic N) is 2. The van der Waals surface area contributed by atoms with E-state index in [1.54, 1.807) is 11.8 Å². The van der Waals surface area contributed by atoms with E-state index in [2.05, 4.69) is 25.9 Å². The molecule has 1 aromatic carbocycles. The Morgan fingerprint density at radius 3 is 2.41 bits per heavy atom. The molecule has 0 unspecified atom stereocenters. The molecule has 0 aliphatic heterocycles. The average Bonchev–Trinajstić information content (AvgIpc) is 2.94. The number of carbonyl (C=O) groups is 1. The van der Waals surface area contributed by atoms with Crippen LogP contribution >= 0.6 is 23.4 Å². The van der Waals surface area contributed by atoms with Gasteiger partial charge in [-0.2, -0.15) is 5.10 Å². The third kappa shape index (κ3) is 4.88. The van der Waals surface area contributed by atoms with E-state index in [-0.39, 0.29) is 17.4 Å². The van der Waals surface area contributed by atoms with Crippen LogP contribution in [0.2, 0.25) is 5.02 Å². The highest BCUT2D eigenvalue weighted by Gasteiger charge is 2.30. The summed E-state index contributed by atoms with van der Waals surface area (Å²) in [5.74, 6) is 0.421. The summed E-state index contributed by atoms with van der Waals surface area (Å²) in [6.45, 7) is 8.15. The molecular formula is C21H27ClN2O2S. The van der Waals surface area contributed by atoms with Crippen molar-refractivity contribution < 1.29 is 9.53 Å². The largest absolute Gasteiger partial charge is 0.406 e. The lowest BCUT2D eigenvalue weighted by Gasteiger charge is -2.24. The molecule has 1 saturated carbocycles. The number of ether oxygens (including phenoxy) is 1. The maximum atomic E-state index is 12.8. The second-order valence-corrected chi connectivity index (χ2v) is 9.63. The summed E-state index contributed by atoms with van der Waals surface area (Å²) in [6, 6.07) is 7.66. The topological polar surface area (TPSA) is 44.1 Å². The first-order valence-corrected chi connectivity index (χ1v) is 10.7. The second kappa shape index (κ2) is 8.27. The zero-order valence-corrected chi connectivity index (χ0v) is 18.0. The number of esters is 1. The third-order valence-electron chi connectivity index (χ3n) is 4.77.